The Bertz CT molecular complexity index is 654. The average molecular weight is 316 g/mol. The third-order valence-corrected chi connectivity index (χ3v) is 5.50. The smallest absolute Gasteiger partial charge is 0.137 e. The molecule has 1 aliphatic carbocycles. The number of fused-ring (bicyclic) bond motifs is 1. The van der Waals surface area contributed by atoms with Crippen LogP contribution < -0.4 is 0 Å². The van der Waals surface area contributed by atoms with E-state index in [1.54, 1.807) is 12.1 Å². The molecule has 124 valence electrons. The van der Waals surface area contributed by atoms with Gasteiger partial charge in [-0.2, -0.15) is 0 Å². The molecule has 1 aliphatic rings. The molecule has 0 radical (unpaired) electrons. The second kappa shape index (κ2) is 7.42. The summed E-state index contributed by atoms with van der Waals surface area (Å²) in [6.45, 7) is 2.25. The lowest BCUT2D eigenvalue weighted by molar-refractivity contribution is 0.251. The van der Waals surface area contributed by atoms with E-state index in [0.29, 0.717) is 23.1 Å². The fourth-order valence-corrected chi connectivity index (χ4v) is 4.11. The van der Waals surface area contributed by atoms with Gasteiger partial charge in [0.15, 0.2) is 0 Å². The predicted octanol–water partition coefficient (Wildman–Crippen LogP) is 6.66. The van der Waals surface area contributed by atoms with Crippen LogP contribution >= 0.6 is 0 Å². The van der Waals surface area contributed by atoms with Crippen molar-refractivity contribution in [1.82, 2.24) is 0 Å². The van der Waals surface area contributed by atoms with Crippen LogP contribution in [0.5, 0.6) is 0 Å². The Labute approximate surface area is 137 Å². The molecule has 0 aliphatic heterocycles. The van der Waals surface area contributed by atoms with Crippen LogP contribution in [0.1, 0.15) is 57.4 Å². The molecule has 0 spiro atoms. The summed E-state index contributed by atoms with van der Waals surface area (Å²) in [4.78, 5) is 0. The maximum atomic E-state index is 14.6. The molecule has 0 bridgehead atoms. The van der Waals surface area contributed by atoms with E-state index in [1.807, 2.05) is 12.1 Å². The number of hydrogen-bond acceptors (Lipinski definition) is 0. The van der Waals surface area contributed by atoms with Crippen molar-refractivity contribution in [2.24, 2.45) is 11.8 Å². The Morgan fingerprint density at radius 2 is 1.61 bits per heavy atom. The van der Waals surface area contributed by atoms with Gasteiger partial charge < -0.3 is 0 Å². The third kappa shape index (κ3) is 3.73. The number of hydrogen-bond donors (Lipinski definition) is 0. The van der Waals surface area contributed by atoms with Crippen LogP contribution in [0.25, 0.3) is 10.8 Å². The van der Waals surface area contributed by atoms with Gasteiger partial charge in [-0.15, -0.1) is 0 Å². The molecule has 2 aromatic carbocycles. The monoisotopic (exact) mass is 316 g/mol. The van der Waals surface area contributed by atoms with E-state index < -0.39 is 0 Å². The van der Waals surface area contributed by atoms with Crippen LogP contribution in [0, 0.1) is 23.5 Å². The van der Waals surface area contributed by atoms with Gasteiger partial charge in [0.1, 0.15) is 11.6 Å². The first-order chi connectivity index (χ1) is 11.2. The molecule has 0 saturated heterocycles. The Balaban J connectivity index is 1.66. The maximum Gasteiger partial charge on any atom is 0.137 e. The largest absolute Gasteiger partial charge is 0.207 e. The minimum Gasteiger partial charge on any atom is -0.207 e. The summed E-state index contributed by atoms with van der Waals surface area (Å²) in [5, 5.41) is 1.18. The second-order valence-electron chi connectivity index (χ2n) is 7.09. The molecular formula is C21H26F2. The Morgan fingerprint density at radius 1 is 0.957 bits per heavy atom. The van der Waals surface area contributed by atoms with Crippen molar-refractivity contribution in [2.45, 2.75) is 58.3 Å². The lowest BCUT2D eigenvalue weighted by Crippen LogP contribution is -2.15. The zero-order valence-electron chi connectivity index (χ0n) is 14.0. The Kier molecular flexibility index (Phi) is 5.30. The van der Waals surface area contributed by atoms with Crippen molar-refractivity contribution in [3.05, 3.63) is 47.5 Å². The van der Waals surface area contributed by atoms with Crippen molar-refractivity contribution >= 4 is 10.8 Å². The van der Waals surface area contributed by atoms with Gasteiger partial charge in [0.05, 0.1) is 0 Å². The van der Waals surface area contributed by atoms with E-state index in [1.165, 1.54) is 44.6 Å². The van der Waals surface area contributed by atoms with Crippen molar-refractivity contribution in [1.29, 1.82) is 0 Å². The topological polar surface area (TPSA) is 0 Å². The molecule has 0 amide bonds. The van der Waals surface area contributed by atoms with E-state index in [0.717, 1.165) is 12.3 Å². The fourth-order valence-electron chi connectivity index (χ4n) is 4.11. The predicted molar refractivity (Wildman–Crippen MR) is 92.5 cm³/mol. The van der Waals surface area contributed by atoms with E-state index in [2.05, 4.69) is 6.92 Å². The van der Waals surface area contributed by atoms with Crippen LogP contribution in [0.2, 0.25) is 0 Å². The van der Waals surface area contributed by atoms with Crippen molar-refractivity contribution < 1.29 is 8.78 Å². The van der Waals surface area contributed by atoms with Crippen molar-refractivity contribution in [3.8, 4) is 0 Å². The van der Waals surface area contributed by atoms with Gasteiger partial charge in [0, 0.05) is 10.9 Å². The van der Waals surface area contributed by atoms with Gasteiger partial charge in [-0.3, -0.25) is 0 Å². The van der Waals surface area contributed by atoms with Gasteiger partial charge in [-0.05, 0) is 36.1 Å². The minimum atomic E-state index is -0.388. The summed E-state index contributed by atoms with van der Waals surface area (Å²) in [5.41, 5.74) is 0.277. The highest BCUT2D eigenvalue weighted by molar-refractivity contribution is 5.84. The summed E-state index contributed by atoms with van der Waals surface area (Å²) >= 11 is 0. The molecule has 0 nitrogen and oxygen atoms in total. The third-order valence-electron chi connectivity index (χ3n) is 5.50. The SMILES string of the molecule is CCCC1CCC(CCc2c(F)cc3ccccc3c2F)CC1. The highest BCUT2D eigenvalue weighted by atomic mass is 19.1. The molecule has 0 N–H and O–H groups in total. The molecule has 0 heterocycles. The van der Waals surface area contributed by atoms with Gasteiger partial charge in [0.25, 0.3) is 0 Å². The number of benzene rings is 2. The molecule has 0 aromatic heterocycles. The zero-order valence-corrected chi connectivity index (χ0v) is 14.0. The van der Waals surface area contributed by atoms with Crippen molar-refractivity contribution in [2.75, 3.05) is 0 Å². The molecule has 1 fully saturated rings. The van der Waals surface area contributed by atoms with Crippen LogP contribution in [0.3, 0.4) is 0 Å². The van der Waals surface area contributed by atoms with Crippen LogP contribution in [0.15, 0.2) is 30.3 Å². The lowest BCUT2D eigenvalue weighted by atomic mass is 9.78. The normalized spacial score (nSPS) is 21.7. The molecule has 0 atom stereocenters. The molecular weight excluding hydrogens is 290 g/mol. The van der Waals surface area contributed by atoms with Gasteiger partial charge in [-0.1, -0.05) is 69.7 Å². The zero-order chi connectivity index (χ0) is 16.2. The Morgan fingerprint density at radius 3 is 2.30 bits per heavy atom. The number of rotatable bonds is 5. The van der Waals surface area contributed by atoms with Gasteiger partial charge >= 0.3 is 0 Å². The number of halogens is 2. The summed E-state index contributed by atoms with van der Waals surface area (Å²) in [6, 6.07) is 8.60. The van der Waals surface area contributed by atoms with E-state index >= 15 is 0 Å². The summed E-state index contributed by atoms with van der Waals surface area (Å²) < 4.78 is 28.9. The highest BCUT2D eigenvalue weighted by Crippen LogP contribution is 2.34. The second-order valence-corrected chi connectivity index (χ2v) is 7.09. The average Bonchev–Trinajstić information content (AvgIpc) is 2.56. The first kappa shape index (κ1) is 16.4. The highest BCUT2D eigenvalue weighted by Gasteiger charge is 2.22. The summed E-state index contributed by atoms with van der Waals surface area (Å²) in [5.74, 6) is 0.764. The van der Waals surface area contributed by atoms with E-state index in [9.17, 15) is 8.78 Å². The minimum absolute atomic E-state index is 0.277. The first-order valence-electron chi connectivity index (χ1n) is 9.04. The van der Waals surface area contributed by atoms with Crippen molar-refractivity contribution in [3.63, 3.8) is 0 Å². The van der Waals surface area contributed by atoms with Crippen LogP contribution in [0.4, 0.5) is 8.78 Å². The Hall–Kier alpha value is -1.44. The van der Waals surface area contributed by atoms with Gasteiger partial charge in [-0.25, -0.2) is 8.78 Å². The van der Waals surface area contributed by atoms with Crippen LogP contribution in [-0.2, 0) is 6.42 Å². The molecule has 1 saturated carbocycles. The fraction of sp³-hybridized carbons (Fsp3) is 0.524. The molecule has 23 heavy (non-hydrogen) atoms. The maximum absolute atomic E-state index is 14.6. The molecule has 0 unspecified atom stereocenters. The molecule has 3 rings (SSSR count). The molecule has 2 heteroatoms. The summed E-state index contributed by atoms with van der Waals surface area (Å²) in [6.07, 6.45) is 9.06. The standard InChI is InChI=1S/C21H26F2/c1-2-5-15-8-10-16(11-9-15)12-13-19-20(22)14-17-6-3-4-7-18(17)21(19)23/h3-4,6-7,14-16H,2,5,8-13H2,1H3. The first-order valence-corrected chi connectivity index (χ1v) is 9.04. The van der Waals surface area contributed by atoms with Gasteiger partial charge in [0.2, 0.25) is 0 Å². The quantitative estimate of drug-likeness (QED) is 0.578. The van der Waals surface area contributed by atoms with E-state index in [4.69, 9.17) is 0 Å². The van der Waals surface area contributed by atoms with E-state index in [-0.39, 0.29) is 17.2 Å². The van der Waals surface area contributed by atoms with Crippen LogP contribution in [-0.4, -0.2) is 0 Å². The summed E-state index contributed by atoms with van der Waals surface area (Å²) in [7, 11) is 0. The lowest BCUT2D eigenvalue weighted by Gasteiger charge is -2.28. The molecule has 2 aromatic rings.